The van der Waals surface area contributed by atoms with Crippen LogP contribution in [0.1, 0.15) is 35.0 Å². The van der Waals surface area contributed by atoms with Crippen molar-refractivity contribution in [2.45, 2.75) is 23.9 Å². The van der Waals surface area contributed by atoms with Crippen molar-refractivity contribution in [2.24, 2.45) is 0 Å². The van der Waals surface area contributed by atoms with Crippen molar-refractivity contribution in [3.63, 3.8) is 0 Å². The average Bonchev–Trinajstić information content (AvgIpc) is 3.00. The van der Waals surface area contributed by atoms with Gasteiger partial charge in [0.2, 0.25) is 0 Å². The first-order valence-electron chi connectivity index (χ1n) is 6.58. The van der Waals surface area contributed by atoms with E-state index in [0.717, 1.165) is 3.63 Å². The van der Waals surface area contributed by atoms with Crippen LogP contribution in [0.25, 0.3) is 6.08 Å². The van der Waals surface area contributed by atoms with Gasteiger partial charge in [-0.05, 0) is 0 Å². The zero-order chi connectivity index (χ0) is 12.5. The van der Waals surface area contributed by atoms with Crippen molar-refractivity contribution in [3.8, 4) is 0 Å². The molecule has 0 saturated heterocycles. The molecule has 0 aromatic heterocycles. The fourth-order valence-electron chi connectivity index (χ4n) is 2.98. The number of fused-ring (bicyclic) bond motifs is 1. The third-order valence-corrected chi connectivity index (χ3v) is 11.8. The Morgan fingerprint density at radius 3 is 2.68 bits per heavy atom. The van der Waals surface area contributed by atoms with Gasteiger partial charge in [0.1, 0.15) is 0 Å². The van der Waals surface area contributed by atoms with Crippen LogP contribution in [0.2, 0.25) is 0 Å². The third-order valence-electron chi connectivity index (χ3n) is 3.77. The number of benzene rings is 1. The summed E-state index contributed by atoms with van der Waals surface area (Å²) < 4.78 is 4.18. The molecule has 0 aliphatic heterocycles. The van der Waals surface area contributed by atoms with Crippen LogP contribution in [0, 0.1) is 0 Å². The molecule has 2 aliphatic carbocycles. The molecule has 0 heterocycles. The first-order chi connectivity index (χ1) is 8.77. The van der Waals surface area contributed by atoms with Gasteiger partial charge in [0.25, 0.3) is 0 Å². The Bertz CT molecular complexity index is 601. The van der Waals surface area contributed by atoms with Gasteiger partial charge in [-0.3, -0.25) is 0 Å². The molecule has 1 unspecified atom stereocenters. The summed E-state index contributed by atoms with van der Waals surface area (Å²) in [7, 11) is 0. The first kappa shape index (κ1) is 14.9. The van der Waals surface area contributed by atoms with E-state index in [-0.39, 0.29) is 12.4 Å². The van der Waals surface area contributed by atoms with E-state index in [2.05, 4.69) is 68.5 Å². The molecule has 0 radical (unpaired) electrons. The second kappa shape index (κ2) is 6.29. The molecule has 0 N–H and O–H groups in total. The summed E-state index contributed by atoms with van der Waals surface area (Å²) in [5, 5.41) is 0. The SMILES string of the molecule is C[C](C)=[Zr]([C]1=CC=CC1)[CH]1C=Cc2ccccc21.Cl. The summed E-state index contributed by atoms with van der Waals surface area (Å²) in [4.78, 5) is 0. The van der Waals surface area contributed by atoms with Gasteiger partial charge in [0, 0.05) is 0 Å². The Labute approximate surface area is 129 Å². The van der Waals surface area contributed by atoms with Gasteiger partial charge in [-0.1, -0.05) is 0 Å². The van der Waals surface area contributed by atoms with Crippen LogP contribution >= 0.6 is 12.4 Å². The molecule has 0 fully saturated rings. The Hall–Kier alpha value is -0.517. The second-order valence-electron chi connectivity index (χ2n) is 5.20. The zero-order valence-corrected chi connectivity index (χ0v) is 14.7. The Morgan fingerprint density at radius 2 is 2.00 bits per heavy atom. The molecule has 0 spiro atoms. The standard InChI is InChI=1S/C9H7.C5H5.C3H6.ClH.Zr/c1-2-5-9-7-3-6-8(9)4-1;1-2-4-5-3-1;1-3-2;;/h1-7H;1-3H,4H2;1-2H3;1H;. The monoisotopic (exact) mass is 348 g/mol. The zero-order valence-electron chi connectivity index (χ0n) is 11.4. The molecule has 3 rings (SSSR count). The topological polar surface area (TPSA) is 0 Å². The molecule has 1 atom stereocenters. The van der Waals surface area contributed by atoms with Crippen molar-refractivity contribution < 1.29 is 21.3 Å². The van der Waals surface area contributed by atoms with Crippen LogP contribution in [0.4, 0.5) is 0 Å². The van der Waals surface area contributed by atoms with E-state index in [1.54, 1.807) is 12.1 Å². The van der Waals surface area contributed by atoms with Crippen LogP contribution < -0.4 is 0 Å². The predicted octanol–water partition coefficient (Wildman–Crippen LogP) is 4.85. The van der Waals surface area contributed by atoms with Gasteiger partial charge in [0.05, 0.1) is 0 Å². The molecule has 1 aromatic rings. The van der Waals surface area contributed by atoms with Gasteiger partial charge in [-0.25, -0.2) is 0 Å². The van der Waals surface area contributed by atoms with E-state index in [0.29, 0.717) is 0 Å². The van der Waals surface area contributed by atoms with Crippen LogP contribution in [-0.4, -0.2) is 3.21 Å². The van der Waals surface area contributed by atoms with Crippen LogP contribution in [0.5, 0.6) is 0 Å². The van der Waals surface area contributed by atoms with E-state index in [1.807, 2.05) is 0 Å². The quantitative estimate of drug-likeness (QED) is 0.715. The first-order valence-corrected chi connectivity index (χ1v) is 10.5. The molecule has 0 saturated carbocycles. The summed E-state index contributed by atoms with van der Waals surface area (Å²) in [6.07, 6.45) is 12.9. The minimum atomic E-state index is -1.68. The van der Waals surface area contributed by atoms with Crippen LogP contribution in [0.15, 0.2) is 51.9 Å². The molecule has 0 nitrogen and oxygen atoms in total. The molecular formula is C17H19ClZr. The van der Waals surface area contributed by atoms with Gasteiger partial charge >= 0.3 is 117 Å². The average molecular weight is 350 g/mol. The van der Waals surface area contributed by atoms with E-state index in [1.165, 1.54) is 12.0 Å². The minimum Gasteiger partial charge on any atom is -0.147 e. The molecular weight excluding hydrogens is 331 g/mol. The summed E-state index contributed by atoms with van der Waals surface area (Å²) >= 11 is -1.68. The number of hydrogen-bond acceptors (Lipinski definition) is 0. The maximum atomic E-state index is 2.46. The van der Waals surface area contributed by atoms with Gasteiger partial charge in [-0.2, -0.15) is 0 Å². The van der Waals surface area contributed by atoms with Crippen LogP contribution in [-0.2, 0) is 21.3 Å². The van der Waals surface area contributed by atoms with Crippen molar-refractivity contribution in [1.82, 2.24) is 0 Å². The van der Waals surface area contributed by atoms with E-state index in [4.69, 9.17) is 0 Å². The summed E-state index contributed by atoms with van der Waals surface area (Å²) in [5.74, 6) is 0. The molecule has 1 aromatic carbocycles. The Balaban J connectivity index is 0.00000133. The smallest absolute Gasteiger partial charge is 0.147 e. The normalized spacial score (nSPS) is 18.8. The molecule has 98 valence electrons. The Kier molecular flexibility index (Phi) is 4.93. The van der Waals surface area contributed by atoms with Gasteiger partial charge < -0.3 is 0 Å². The molecule has 2 aliphatic rings. The second-order valence-corrected chi connectivity index (χ2v) is 12.8. The van der Waals surface area contributed by atoms with Crippen LogP contribution in [0.3, 0.4) is 0 Å². The van der Waals surface area contributed by atoms with Gasteiger partial charge in [-0.15, -0.1) is 12.4 Å². The Morgan fingerprint density at radius 1 is 1.21 bits per heavy atom. The number of hydrogen-bond donors (Lipinski definition) is 0. The van der Waals surface area contributed by atoms with Crippen molar-refractivity contribution in [3.05, 3.63) is 63.0 Å². The molecule has 0 bridgehead atoms. The third kappa shape index (κ3) is 2.83. The fourth-order valence-corrected chi connectivity index (χ4v) is 10.7. The van der Waals surface area contributed by atoms with Crippen molar-refractivity contribution >= 4 is 21.7 Å². The van der Waals surface area contributed by atoms with E-state index in [9.17, 15) is 0 Å². The number of rotatable bonds is 2. The summed E-state index contributed by atoms with van der Waals surface area (Å²) in [5.41, 5.74) is 3.01. The number of halogens is 1. The molecule has 2 heteroatoms. The molecule has 19 heavy (non-hydrogen) atoms. The van der Waals surface area contributed by atoms with Crippen molar-refractivity contribution in [2.75, 3.05) is 0 Å². The fraction of sp³-hybridized carbons (Fsp3) is 0.235. The van der Waals surface area contributed by atoms with E-state index >= 15 is 0 Å². The van der Waals surface area contributed by atoms with Crippen molar-refractivity contribution in [1.29, 1.82) is 0 Å². The maximum Gasteiger partial charge on any atom is -0.147 e. The number of allylic oxidation sites excluding steroid dienone is 5. The largest absolute Gasteiger partial charge is 0.147 e. The van der Waals surface area contributed by atoms with E-state index < -0.39 is 21.3 Å². The summed E-state index contributed by atoms with van der Waals surface area (Å²) in [6.45, 7) is 4.70. The predicted molar refractivity (Wildman–Crippen MR) is 83.7 cm³/mol. The minimum absolute atomic E-state index is 0. The van der Waals surface area contributed by atoms with Gasteiger partial charge in [0.15, 0.2) is 0 Å². The summed E-state index contributed by atoms with van der Waals surface area (Å²) in [6, 6.07) is 8.91. The molecule has 0 amide bonds. The maximum absolute atomic E-state index is 2.46.